The molecule has 12 atom stereocenters. The molecule has 67 heavy (non-hydrogen) atoms. The quantitative estimate of drug-likeness (QED) is 0.0908. The number of aliphatic hydroxyl groups is 1. The Morgan fingerprint density at radius 1 is 0.851 bits per heavy atom. The van der Waals surface area contributed by atoms with Crippen molar-refractivity contribution >= 4 is 51.3 Å². The van der Waals surface area contributed by atoms with Gasteiger partial charge in [-0.2, -0.15) is 0 Å². The van der Waals surface area contributed by atoms with Crippen LogP contribution in [0, 0.1) is 23.7 Å². The summed E-state index contributed by atoms with van der Waals surface area (Å²) in [5.74, 6) is -2.63. The van der Waals surface area contributed by atoms with E-state index in [1.165, 1.54) is 12.0 Å². The average Bonchev–Trinajstić information content (AvgIpc) is 3.99. The van der Waals surface area contributed by atoms with Crippen LogP contribution in [0.15, 0.2) is 59.8 Å². The summed E-state index contributed by atoms with van der Waals surface area (Å²) in [5.41, 5.74) is 0.695. The minimum atomic E-state index is -0.947. The van der Waals surface area contributed by atoms with Crippen LogP contribution in [0.2, 0.25) is 0 Å². The summed E-state index contributed by atoms with van der Waals surface area (Å²) in [6.07, 6.45) is 3.20. The summed E-state index contributed by atoms with van der Waals surface area (Å²) in [7, 11) is 9.55. The topological polar surface area (TPSA) is 180 Å². The molecule has 1 saturated carbocycles. The van der Waals surface area contributed by atoms with E-state index < -0.39 is 60.4 Å². The highest BCUT2D eigenvalue weighted by Gasteiger charge is 2.44. The van der Waals surface area contributed by atoms with Gasteiger partial charge in [0.05, 0.1) is 54.0 Å². The van der Waals surface area contributed by atoms with Gasteiger partial charge in [-0.25, -0.2) is 9.78 Å². The highest BCUT2D eigenvalue weighted by Crippen LogP contribution is 2.42. The maximum absolute atomic E-state index is 14.7. The van der Waals surface area contributed by atoms with Crippen molar-refractivity contribution in [3.05, 3.63) is 60.3 Å². The first-order valence-corrected chi connectivity index (χ1v) is 26.2. The Labute approximate surface area is 407 Å². The molecule has 2 aliphatic rings. The number of pyridine rings is 1. The number of nitrogens with one attached hydrogen (secondary N) is 2. The Bertz CT molecular complexity index is 1880. The summed E-state index contributed by atoms with van der Waals surface area (Å²) in [6, 6.07) is 11.5. The molecule has 374 valence electrons. The van der Waals surface area contributed by atoms with Crippen LogP contribution < -0.4 is 10.6 Å². The zero-order chi connectivity index (χ0) is 49.5. The minimum Gasteiger partial charge on any atom is -0.445 e. The zero-order valence-electron chi connectivity index (χ0n) is 41.8. The molecule has 0 bridgehead atoms. The molecule has 15 nitrogen and oxygen atoms in total. The van der Waals surface area contributed by atoms with Crippen LogP contribution in [0.25, 0.3) is 0 Å². The summed E-state index contributed by atoms with van der Waals surface area (Å²) in [6.45, 7) is 15.5. The Balaban J connectivity index is 1.43. The van der Waals surface area contributed by atoms with Crippen LogP contribution in [0.3, 0.4) is 0 Å². The molecule has 17 heteroatoms. The summed E-state index contributed by atoms with van der Waals surface area (Å²) in [5, 5.41) is 17.8. The molecular formula is C50H78N6O9S2. The first kappa shape index (κ1) is 55.7. The lowest BCUT2D eigenvalue weighted by Gasteiger charge is -2.41. The van der Waals surface area contributed by atoms with E-state index >= 15 is 0 Å². The van der Waals surface area contributed by atoms with Crippen LogP contribution in [0.1, 0.15) is 112 Å². The number of ether oxygens (including phenoxy) is 3. The maximum Gasteiger partial charge on any atom is 0.410 e. The van der Waals surface area contributed by atoms with Crippen LogP contribution in [0.4, 0.5) is 4.79 Å². The second-order valence-corrected chi connectivity index (χ2v) is 21.5. The first-order chi connectivity index (χ1) is 31.9. The number of aromatic nitrogens is 1. The Morgan fingerprint density at radius 3 is 2.13 bits per heavy atom. The number of carbonyl (C=O) groups excluding carboxylic acids is 5. The van der Waals surface area contributed by atoms with Gasteiger partial charge < -0.3 is 39.8 Å². The Hall–Kier alpha value is -3.90. The summed E-state index contributed by atoms with van der Waals surface area (Å²) >= 11 is 0. The molecule has 2 aromatic rings. The molecule has 1 aliphatic carbocycles. The normalized spacial score (nSPS) is 21.4. The Morgan fingerprint density at radius 2 is 1.54 bits per heavy atom. The molecule has 1 unspecified atom stereocenters. The molecule has 0 spiro atoms. The van der Waals surface area contributed by atoms with E-state index in [-0.39, 0.29) is 59.3 Å². The molecular weight excluding hydrogens is 893 g/mol. The number of benzene rings is 1. The molecule has 2 fully saturated rings. The van der Waals surface area contributed by atoms with Gasteiger partial charge in [-0.1, -0.05) is 102 Å². The van der Waals surface area contributed by atoms with Gasteiger partial charge in [0.1, 0.15) is 23.2 Å². The van der Waals surface area contributed by atoms with Gasteiger partial charge in [-0.15, -0.1) is 0 Å². The number of rotatable bonds is 24. The second-order valence-electron chi connectivity index (χ2n) is 19.0. The van der Waals surface area contributed by atoms with Crippen molar-refractivity contribution in [2.24, 2.45) is 23.7 Å². The van der Waals surface area contributed by atoms with E-state index in [2.05, 4.69) is 15.6 Å². The number of aliphatic hydroxyl groups excluding tert-OH is 1. The maximum atomic E-state index is 14.7. The predicted molar refractivity (Wildman–Crippen MR) is 264 cm³/mol. The largest absolute Gasteiger partial charge is 0.445 e. The van der Waals surface area contributed by atoms with Gasteiger partial charge in [0.2, 0.25) is 23.6 Å². The highest BCUT2D eigenvalue weighted by molar-refractivity contribution is 8.76. The number of methoxy groups -OCH3 is 2. The molecule has 1 saturated heterocycles. The van der Waals surface area contributed by atoms with E-state index in [4.69, 9.17) is 14.2 Å². The van der Waals surface area contributed by atoms with Crippen molar-refractivity contribution < 1.29 is 43.3 Å². The minimum absolute atomic E-state index is 0.0276. The summed E-state index contributed by atoms with van der Waals surface area (Å²) < 4.78 is 18.1. The van der Waals surface area contributed by atoms with Gasteiger partial charge in [0, 0.05) is 41.1 Å². The molecule has 1 aromatic heterocycles. The number of hydrogen-bond donors (Lipinski definition) is 3. The molecule has 3 N–H and O–H groups in total. The zero-order valence-corrected chi connectivity index (χ0v) is 43.4. The monoisotopic (exact) mass is 971 g/mol. The molecule has 0 radical (unpaired) electrons. The SMILES string of the molecule is CC[C@H](C)[C@@H]([C@@H](CC(=O)N1CCCC1[C@H](OC)[C@@H](C)C(=O)N[C@H](C)[C@@H](O)c1ccccc1)OC)N(C)C(=O)[C@@H](NC(=O)[C@H](C(C)C)N(C)C(=O)O[C@@H]1CCC[C@H]1SSc1ccccn1)C(C)C. The first-order valence-electron chi connectivity index (χ1n) is 24.0. The van der Waals surface area contributed by atoms with Crippen molar-refractivity contribution in [1.82, 2.24) is 30.3 Å². The van der Waals surface area contributed by atoms with Crippen LogP contribution in [0.5, 0.6) is 0 Å². The van der Waals surface area contributed by atoms with Crippen LogP contribution in [-0.2, 0) is 33.4 Å². The average molecular weight is 971 g/mol. The van der Waals surface area contributed by atoms with E-state index in [0.717, 1.165) is 30.7 Å². The van der Waals surface area contributed by atoms with E-state index in [9.17, 15) is 29.1 Å². The molecule has 2 heterocycles. The van der Waals surface area contributed by atoms with Gasteiger partial charge in [0.15, 0.2) is 0 Å². The van der Waals surface area contributed by atoms with Crippen molar-refractivity contribution in [3.63, 3.8) is 0 Å². The number of amides is 5. The number of hydrogen-bond acceptors (Lipinski definition) is 12. The van der Waals surface area contributed by atoms with Crippen molar-refractivity contribution in [1.29, 1.82) is 0 Å². The fraction of sp³-hybridized carbons (Fsp3) is 0.680. The van der Waals surface area contributed by atoms with Crippen LogP contribution in [-0.4, -0.2) is 143 Å². The third-order valence-electron chi connectivity index (χ3n) is 13.6. The van der Waals surface area contributed by atoms with Gasteiger partial charge in [-0.05, 0) is 85.3 Å². The van der Waals surface area contributed by atoms with Crippen molar-refractivity contribution in [2.45, 2.75) is 165 Å². The van der Waals surface area contributed by atoms with Gasteiger partial charge >= 0.3 is 6.09 Å². The number of likely N-dealkylation sites (tertiary alicyclic amines) is 1. The lowest BCUT2D eigenvalue weighted by molar-refractivity contribution is -0.148. The third-order valence-corrected chi connectivity index (χ3v) is 16.5. The van der Waals surface area contributed by atoms with Gasteiger partial charge in [-0.3, -0.25) is 24.1 Å². The number of nitrogens with zero attached hydrogens (tertiary/aromatic N) is 4. The molecule has 5 amide bonds. The van der Waals surface area contributed by atoms with E-state index in [0.29, 0.717) is 24.9 Å². The fourth-order valence-corrected chi connectivity index (χ4v) is 12.2. The van der Waals surface area contributed by atoms with Gasteiger partial charge in [0.25, 0.3) is 0 Å². The van der Waals surface area contributed by atoms with E-state index in [1.54, 1.807) is 72.6 Å². The van der Waals surface area contributed by atoms with Crippen molar-refractivity contribution in [3.8, 4) is 0 Å². The number of carbonyl (C=O) groups is 5. The Kier molecular flexibility index (Phi) is 22.2. The lowest BCUT2D eigenvalue weighted by atomic mass is 9.89. The van der Waals surface area contributed by atoms with E-state index in [1.807, 2.05) is 90.1 Å². The highest BCUT2D eigenvalue weighted by atomic mass is 33.1. The predicted octanol–water partition coefficient (Wildman–Crippen LogP) is 7.14. The summed E-state index contributed by atoms with van der Waals surface area (Å²) in [4.78, 5) is 79.7. The number of likely N-dealkylation sites (N-methyl/N-ethyl adjacent to an activating group) is 2. The van der Waals surface area contributed by atoms with Crippen LogP contribution >= 0.6 is 21.6 Å². The fourth-order valence-electron chi connectivity index (χ4n) is 9.55. The lowest BCUT2D eigenvalue weighted by Crippen LogP contribution is -2.60. The third kappa shape index (κ3) is 14.8. The smallest absolute Gasteiger partial charge is 0.410 e. The standard InChI is InChI=1S/C50H78N6O9S2/c1-13-32(6)44(38(63-11)29-41(57)56-28-20-23-36(56)46(64-12)33(7)47(59)52-34(8)45(58)35-21-15-14-16-22-35)54(9)49(61)42(30(2)3)53-48(60)43(31(4)5)55(10)50(62)65-37-24-19-25-39(37)66-67-40-26-17-18-27-51-40/h14-18,21-22,26-27,30-34,36-39,42-46,58H,13,19-20,23-25,28-29H2,1-12H3,(H,52,59)(H,53,60)/t32-,33+,34+,36?,37+,38+,39+,42-,43-,44-,45+,46+/m0/s1. The molecule has 1 aromatic carbocycles. The molecule has 4 rings (SSSR count). The second kappa shape index (κ2) is 26.7. The van der Waals surface area contributed by atoms with Crippen molar-refractivity contribution in [2.75, 3.05) is 34.9 Å². The molecule has 1 aliphatic heterocycles.